The summed E-state index contributed by atoms with van der Waals surface area (Å²) in [6.45, 7) is 4.57. The molecule has 1 saturated heterocycles. The standard InChI is InChI=1S/C26H26N4O3S/c1-3-17-12-28-26(29-13-17)30-14-22-23(15-30)24(22)16-33-25-9-6-19(10-20(25)11-27)18-4-7-21(8-5-18)34(2,31)32/h4-10,12-13,22-24H,3,14-16H2,1-2H3. The zero-order chi connectivity index (χ0) is 23.9. The molecular formula is C26H26N4O3S. The van der Waals surface area contributed by atoms with Crippen LogP contribution in [0.3, 0.4) is 0 Å². The van der Waals surface area contributed by atoms with E-state index in [9.17, 15) is 13.7 Å². The number of rotatable bonds is 7. The number of fused-ring (bicyclic) bond motifs is 1. The zero-order valence-electron chi connectivity index (χ0n) is 19.2. The first-order valence-electron chi connectivity index (χ1n) is 11.4. The quantitative estimate of drug-likeness (QED) is 0.515. The van der Waals surface area contributed by atoms with E-state index in [4.69, 9.17) is 4.74 Å². The minimum Gasteiger partial charge on any atom is -0.492 e. The lowest BCUT2D eigenvalue weighted by Crippen LogP contribution is -2.27. The Balaban J connectivity index is 1.20. The number of nitriles is 1. The number of hydrogen-bond acceptors (Lipinski definition) is 7. The fourth-order valence-corrected chi connectivity index (χ4v) is 5.39. The molecule has 174 valence electrons. The topological polar surface area (TPSA) is 96.2 Å². The molecule has 2 fully saturated rings. The monoisotopic (exact) mass is 474 g/mol. The van der Waals surface area contributed by atoms with Crippen molar-refractivity contribution in [1.29, 1.82) is 5.26 Å². The molecule has 1 aliphatic heterocycles. The van der Waals surface area contributed by atoms with Crippen molar-refractivity contribution < 1.29 is 13.2 Å². The number of piperidine rings is 1. The lowest BCUT2D eigenvalue weighted by molar-refractivity contribution is 0.282. The number of anilines is 1. The van der Waals surface area contributed by atoms with Gasteiger partial charge in [-0.2, -0.15) is 5.26 Å². The summed E-state index contributed by atoms with van der Waals surface area (Å²) in [5.74, 6) is 3.02. The molecule has 2 atom stereocenters. The second-order valence-electron chi connectivity index (χ2n) is 9.07. The van der Waals surface area contributed by atoms with E-state index < -0.39 is 9.84 Å². The van der Waals surface area contributed by atoms with Crippen LogP contribution in [0, 0.1) is 29.1 Å². The van der Waals surface area contributed by atoms with Gasteiger partial charge in [0.15, 0.2) is 9.84 Å². The maximum absolute atomic E-state index is 11.7. The van der Waals surface area contributed by atoms with Gasteiger partial charge in [0.2, 0.25) is 5.95 Å². The molecule has 0 amide bonds. The van der Waals surface area contributed by atoms with Crippen molar-refractivity contribution >= 4 is 15.8 Å². The highest BCUT2D eigenvalue weighted by Crippen LogP contribution is 2.52. The molecule has 2 aliphatic rings. The molecule has 0 N–H and O–H groups in total. The van der Waals surface area contributed by atoms with Gasteiger partial charge in [-0.3, -0.25) is 0 Å². The summed E-state index contributed by atoms with van der Waals surface area (Å²) in [7, 11) is -3.24. The Kier molecular flexibility index (Phi) is 5.74. The van der Waals surface area contributed by atoms with E-state index >= 15 is 0 Å². The second-order valence-corrected chi connectivity index (χ2v) is 11.1. The van der Waals surface area contributed by atoms with Crippen LogP contribution in [0.4, 0.5) is 5.95 Å². The average Bonchev–Trinajstić information content (AvgIpc) is 3.30. The van der Waals surface area contributed by atoms with Crippen molar-refractivity contribution in [1.82, 2.24) is 9.97 Å². The number of ether oxygens (including phenoxy) is 1. The summed E-state index contributed by atoms with van der Waals surface area (Å²) in [6, 6.07) is 14.4. The molecule has 7 nitrogen and oxygen atoms in total. The minimum atomic E-state index is -3.24. The highest BCUT2D eigenvalue weighted by atomic mass is 32.2. The van der Waals surface area contributed by atoms with E-state index in [1.807, 2.05) is 24.5 Å². The van der Waals surface area contributed by atoms with Crippen molar-refractivity contribution in [2.75, 3.05) is 30.9 Å². The highest BCUT2D eigenvalue weighted by molar-refractivity contribution is 7.90. The van der Waals surface area contributed by atoms with Crippen molar-refractivity contribution in [3.05, 3.63) is 66.0 Å². The summed E-state index contributed by atoms with van der Waals surface area (Å²) >= 11 is 0. The average molecular weight is 475 g/mol. The molecule has 5 rings (SSSR count). The summed E-state index contributed by atoms with van der Waals surface area (Å²) in [5, 5.41) is 9.65. The molecule has 2 unspecified atom stereocenters. The minimum absolute atomic E-state index is 0.273. The Morgan fingerprint density at radius 2 is 1.71 bits per heavy atom. The molecule has 1 saturated carbocycles. The van der Waals surface area contributed by atoms with Crippen molar-refractivity contribution in [2.45, 2.75) is 18.2 Å². The van der Waals surface area contributed by atoms with Crippen LogP contribution in [0.1, 0.15) is 18.1 Å². The molecule has 8 heteroatoms. The van der Waals surface area contributed by atoms with E-state index in [0.717, 1.165) is 42.1 Å². The van der Waals surface area contributed by atoms with E-state index in [0.29, 0.717) is 35.7 Å². The Labute approximate surface area is 200 Å². The number of hydrogen-bond donors (Lipinski definition) is 0. The highest BCUT2D eigenvalue weighted by Gasteiger charge is 2.56. The van der Waals surface area contributed by atoms with Gasteiger partial charge in [-0.05, 0) is 59.2 Å². The summed E-state index contributed by atoms with van der Waals surface area (Å²) in [4.78, 5) is 11.5. The van der Waals surface area contributed by atoms with Crippen LogP contribution in [0.2, 0.25) is 0 Å². The first-order chi connectivity index (χ1) is 16.4. The summed E-state index contributed by atoms with van der Waals surface area (Å²) < 4.78 is 29.4. The second kappa shape index (κ2) is 8.73. The van der Waals surface area contributed by atoms with E-state index in [2.05, 4.69) is 27.9 Å². The van der Waals surface area contributed by atoms with Crippen LogP contribution in [0.5, 0.6) is 5.75 Å². The Hall–Kier alpha value is -3.44. The zero-order valence-corrected chi connectivity index (χ0v) is 20.0. The van der Waals surface area contributed by atoms with Crippen LogP contribution < -0.4 is 9.64 Å². The number of aromatic nitrogens is 2. The van der Waals surface area contributed by atoms with Gasteiger partial charge >= 0.3 is 0 Å². The van der Waals surface area contributed by atoms with Crippen LogP contribution in [0.15, 0.2) is 59.8 Å². The third kappa shape index (κ3) is 4.36. The molecule has 1 aromatic heterocycles. The van der Waals surface area contributed by atoms with Gasteiger partial charge in [-0.1, -0.05) is 25.1 Å². The first kappa shape index (κ1) is 22.4. The number of aryl methyl sites for hydroxylation is 1. The lowest BCUT2D eigenvalue weighted by atomic mass is 10.0. The fourth-order valence-electron chi connectivity index (χ4n) is 4.76. The molecule has 0 radical (unpaired) electrons. The fraction of sp³-hybridized carbons (Fsp3) is 0.346. The third-order valence-electron chi connectivity index (χ3n) is 6.90. The van der Waals surface area contributed by atoms with E-state index in [1.165, 1.54) is 6.26 Å². The Bertz CT molecular complexity index is 1340. The maximum atomic E-state index is 11.7. The smallest absolute Gasteiger partial charge is 0.225 e. The van der Waals surface area contributed by atoms with Gasteiger partial charge in [0.1, 0.15) is 11.8 Å². The SMILES string of the molecule is CCc1cnc(N2CC3C(COc4ccc(-c5ccc(S(C)(=O)=O)cc5)cc4C#N)C3C2)nc1. The maximum Gasteiger partial charge on any atom is 0.225 e. The normalized spacial score (nSPS) is 21.1. The Morgan fingerprint density at radius 1 is 1.06 bits per heavy atom. The predicted molar refractivity (Wildman–Crippen MR) is 129 cm³/mol. The van der Waals surface area contributed by atoms with Gasteiger partial charge < -0.3 is 9.64 Å². The Morgan fingerprint density at radius 3 is 2.29 bits per heavy atom. The van der Waals surface area contributed by atoms with Gasteiger partial charge in [-0.25, -0.2) is 18.4 Å². The van der Waals surface area contributed by atoms with E-state index in [-0.39, 0.29) is 4.90 Å². The van der Waals surface area contributed by atoms with Crippen LogP contribution >= 0.6 is 0 Å². The van der Waals surface area contributed by atoms with Gasteiger partial charge in [0, 0.05) is 37.7 Å². The summed E-state index contributed by atoms with van der Waals surface area (Å²) in [6.07, 6.45) is 5.93. The van der Waals surface area contributed by atoms with Crippen molar-refractivity contribution in [3.8, 4) is 22.9 Å². The molecule has 34 heavy (non-hydrogen) atoms. The first-order valence-corrected chi connectivity index (χ1v) is 13.3. The van der Waals surface area contributed by atoms with Gasteiger partial charge in [0.05, 0.1) is 17.1 Å². The molecule has 3 aromatic rings. The molecule has 1 aliphatic carbocycles. The van der Waals surface area contributed by atoms with Crippen LogP contribution in [0.25, 0.3) is 11.1 Å². The van der Waals surface area contributed by atoms with Crippen molar-refractivity contribution in [2.24, 2.45) is 17.8 Å². The number of nitrogens with zero attached hydrogens (tertiary/aromatic N) is 4. The van der Waals surface area contributed by atoms with Crippen molar-refractivity contribution in [3.63, 3.8) is 0 Å². The third-order valence-corrected chi connectivity index (χ3v) is 8.03. The molecule has 2 aromatic carbocycles. The van der Waals surface area contributed by atoms with E-state index in [1.54, 1.807) is 30.3 Å². The largest absolute Gasteiger partial charge is 0.492 e. The number of benzene rings is 2. The molecule has 2 heterocycles. The predicted octanol–water partition coefficient (Wildman–Crippen LogP) is 3.74. The summed E-state index contributed by atoms with van der Waals surface area (Å²) in [5.41, 5.74) is 3.31. The van der Waals surface area contributed by atoms with Gasteiger partial charge in [-0.15, -0.1) is 0 Å². The van der Waals surface area contributed by atoms with Gasteiger partial charge in [0.25, 0.3) is 0 Å². The lowest BCUT2D eigenvalue weighted by Gasteiger charge is -2.20. The number of sulfone groups is 1. The molecular weight excluding hydrogens is 448 g/mol. The van der Waals surface area contributed by atoms with Crippen LogP contribution in [-0.2, 0) is 16.3 Å². The molecule has 0 bridgehead atoms. The van der Waals surface area contributed by atoms with Crippen LogP contribution in [-0.4, -0.2) is 44.3 Å². The molecule has 0 spiro atoms.